The Kier molecular flexibility index (Phi) is 3.47. The second-order valence-electron chi connectivity index (χ2n) is 4.09. The quantitative estimate of drug-likeness (QED) is 0.757. The highest BCUT2D eigenvalue weighted by atomic mass is 19.3. The first kappa shape index (κ1) is 13.2. The van der Waals surface area contributed by atoms with Crippen LogP contribution in [0.4, 0.5) is 17.6 Å². The Morgan fingerprint density at radius 1 is 1.56 bits per heavy atom. The second-order valence-corrected chi connectivity index (χ2v) is 4.09. The van der Waals surface area contributed by atoms with Crippen molar-refractivity contribution < 1.29 is 22.4 Å². The Balaban J connectivity index is 2.69. The molecule has 1 rings (SSSR count). The molecule has 1 saturated heterocycles. The molecule has 0 aromatic rings. The monoisotopic (exact) mass is 242 g/mol. The van der Waals surface area contributed by atoms with Crippen LogP contribution in [0.2, 0.25) is 0 Å². The fourth-order valence-corrected chi connectivity index (χ4v) is 1.49. The third-order valence-corrected chi connectivity index (χ3v) is 2.85. The van der Waals surface area contributed by atoms with Crippen LogP contribution in [0.1, 0.15) is 20.3 Å². The van der Waals surface area contributed by atoms with Gasteiger partial charge < -0.3 is 4.90 Å². The zero-order chi connectivity index (χ0) is 12.6. The number of nitrogens with one attached hydrogen (secondary N) is 1. The minimum absolute atomic E-state index is 0.120. The summed E-state index contributed by atoms with van der Waals surface area (Å²) in [5.74, 6) is -4.72. The van der Waals surface area contributed by atoms with E-state index in [4.69, 9.17) is 0 Å². The second kappa shape index (κ2) is 4.20. The summed E-state index contributed by atoms with van der Waals surface area (Å²) in [4.78, 5) is 12.4. The van der Waals surface area contributed by atoms with E-state index in [0.29, 0.717) is 6.42 Å². The van der Waals surface area contributed by atoms with E-state index in [2.05, 4.69) is 5.32 Å². The molecule has 1 amide bonds. The summed E-state index contributed by atoms with van der Waals surface area (Å²) in [6.45, 7) is 1.92. The van der Waals surface area contributed by atoms with Crippen molar-refractivity contribution in [1.29, 1.82) is 0 Å². The summed E-state index contributed by atoms with van der Waals surface area (Å²) in [5, 5.41) is 2.74. The lowest BCUT2D eigenvalue weighted by molar-refractivity contribution is -0.155. The Morgan fingerprint density at radius 2 is 2.12 bits per heavy atom. The third kappa shape index (κ3) is 2.28. The highest BCUT2D eigenvalue weighted by molar-refractivity contribution is 5.87. The van der Waals surface area contributed by atoms with Crippen LogP contribution in [-0.2, 0) is 4.79 Å². The van der Waals surface area contributed by atoms with E-state index in [9.17, 15) is 22.4 Å². The molecule has 94 valence electrons. The van der Waals surface area contributed by atoms with E-state index in [1.165, 1.54) is 0 Å². The Hall–Kier alpha value is -0.850. The van der Waals surface area contributed by atoms with Crippen LogP contribution in [0.25, 0.3) is 0 Å². The number of carbonyl (C=O) groups excluding carboxylic acids is 1. The number of amides is 1. The molecule has 16 heavy (non-hydrogen) atoms. The summed E-state index contributed by atoms with van der Waals surface area (Å²) in [5.41, 5.74) is -0.918. The molecule has 1 heterocycles. The van der Waals surface area contributed by atoms with Crippen molar-refractivity contribution >= 4 is 5.91 Å². The molecule has 0 spiro atoms. The topological polar surface area (TPSA) is 32.3 Å². The molecule has 0 bridgehead atoms. The van der Waals surface area contributed by atoms with Crippen molar-refractivity contribution in [3.8, 4) is 0 Å². The van der Waals surface area contributed by atoms with Crippen LogP contribution in [-0.4, -0.2) is 41.9 Å². The van der Waals surface area contributed by atoms with E-state index in [1.807, 2.05) is 0 Å². The van der Waals surface area contributed by atoms with Gasteiger partial charge in [-0.2, -0.15) is 8.78 Å². The fraction of sp³-hybridized carbons (Fsp3) is 0.889. The molecule has 0 aromatic heterocycles. The highest BCUT2D eigenvalue weighted by Crippen LogP contribution is 2.27. The molecule has 1 unspecified atom stereocenters. The van der Waals surface area contributed by atoms with Gasteiger partial charge >= 0.3 is 12.3 Å². The molecule has 3 nitrogen and oxygen atoms in total. The van der Waals surface area contributed by atoms with Crippen LogP contribution < -0.4 is 5.32 Å². The van der Waals surface area contributed by atoms with Crippen LogP contribution >= 0.6 is 0 Å². The summed E-state index contributed by atoms with van der Waals surface area (Å²) in [7, 11) is 0. The lowest BCUT2D eigenvalue weighted by atomic mass is 9.99. The molecule has 1 N–H and O–H groups in total. The SMILES string of the molecule is CCC1(C)NCN(CC(F)(F)C(F)F)C1=O. The van der Waals surface area contributed by atoms with E-state index >= 15 is 0 Å². The Bertz CT molecular complexity index is 285. The van der Waals surface area contributed by atoms with Crippen LogP contribution in [0, 0.1) is 0 Å². The van der Waals surface area contributed by atoms with E-state index in [0.717, 1.165) is 4.90 Å². The highest BCUT2D eigenvalue weighted by Gasteiger charge is 2.48. The number of hydrogen-bond donors (Lipinski definition) is 1. The maximum Gasteiger partial charge on any atom is 0.324 e. The Labute approximate surface area is 90.8 Å². The lowest BCUT2D eigenvalue weighted by Gasteiger charge is -2.24. The van der Waals surface area contributed by atoms with Gasteiger partial charge in [-0.15, -0.1) is 0 Å². The smallest absolute Gasteiger partial charge is 0.322 e. The maximum absolute atomic E-state index is 12.8. The van der Waals surface area contributed by atoms with Gasteiger partial charge in [0.15, 0.2) is 0 Å². The first-order chi connectivity index (χ1) is 7.23. The molecule has 0 radical (unpaired) electrons. The zero-order valence-electron chi connectivity index (χ0n) is 9.07. The summed E-state index contributed by atoms with van der Waals surface area (Å²) in [6, 6.07) is 0. The predicted octanol–water partition coefficient (Wildman–Crippen LogP) is 1.44. The largest absolute Gasteiger partial charge is 0.324 e. The molecular formula is C9H14F4N2O. The number of halogens is 4. The van der Waals surface area contributed by atoms with Gasteiger partial charge in [-0.05, 0) is 13.3 Å². The van der Waals surface area contributed by atoms with Gasteiger partial charge in [-0.25, -0.2) is 8.78 Å². The van der Waals surface area contributed by atoms with Gasteiger partial charge in [0.1, 0.15) is 0 Å². The van der Waals surface area contributed by atoms with Crippen molar-refractivity contribution in [3.05, 3.63) is 0 Å². The van der Waals surface area contributed by atoms with Crippen LogP contribution in [0.5, 0.6) is 0 Å². The molecule has 1 atom stereocenters. The molecule has 0 saturated carbocycles. The van der Waals surface area contributed by atoms with E-state index in [1.54, 1.807) is 13.8 Å². The van der Waals surface area contributed by atoms with Gasteiger partial charge in [0, 0.05) is 0 Å². The summed E-state index contributed by atoms with van der Waals surface area (Å²) in [6.07, 6.45) is -3.34. The fourth-order valence-electron chi connectivity index (χ4n) is 1.49. The molecule has 0 aromatic carbocycles. The number of nitrogens with zero attached hydrogens (tertiary/aromatic N) is 1. The lowest BCUT2D eigenvalue weighted by Crippen LogP contribution is -2.46. The third-order valence-electron chi connectivity index (χ3n) is 2.85. The van der Waals surface area contributed by atoms with E-state index in [-0.39, 0.29) is 6.67 Å². The normalized spacial score (nSPS) is 26.9. The minimum atomic E-state index is -4.16. The first-order valence-corrected chi connectivity index (χ1v) is 4.93. The number of rotatable bonds is 4. The van der Waals surface area contributed by atoms with Gasteiger partial charge in [0.25, 0.3) is 0 Å². The summed E-state index contributed by atoms with van der Waals surface area (Å²) >= 11 is 0. The average molecular weight is 242 g/mol. The predicted molar refractivity (Wildman–Crippen MR) is 49.4 cm³/mol. The van der Waals surface area contributed by atoms with E-state index < -0.39 is 30.3 Å². The van der Waals surface area contributed by atoms with Crippen molar-refractivity contribution in [3.63, 3.8) is 0 Å². The van der Waals surface area contributed by atoms with Gasteiger partial charge in [0.2, 0.25) is 5.91 Å². The van der Waals surface area contributed by atoms with Crippen molar-refractivity contribution in [2.75, 3.05) is 13.2 Å². The minimum Gasteiger partial charge on any atom is -0.322 e. The van der Waals surface area contributed by atoms with Crippen molar-refractivity contribution in [2.24, 2.45) is 0 Å². The Morgan fingerprint density at radius 3 is 2.50 bits per heavy atom. The molecular weight excluding hydrogens is 228 g/mol. The standard InChI is InChI=1S/C9H14F4N2O/c1-3-8(2)7(16)15(5-14-8)4-9(12,13)6(10)11/h6,14H,3-5H2,1-2H3. The average Bonchev–Trinajstić information content (AvgIpc) is 2.47. The number of carbonyl (C=O) groups is 1. The molecule has 0 aliphatic carbocycles. The van der Waals surface area contributed by atoms with Gasteiger partial charge in [-0.1, -0.05) is 6.92 Å². The molecule has 1 aliphatic heterocycles. The molecule has 1 aliphatic rings. The zero-order valence-corrected chi connectivity index (χ0v) is 9.07. The van der Waals surface area contributed by atoms with Gasteiger partial charge in [-0.3, -0.25) is 10.1 Å². The first-order valence-electron chi connectivity index (χ1n) is 4.93. The van der Waals surface area contributed by atoms with Crippen LogP contribution in [0.15, 0.2) is 0 Å². The maximum atomic E-state index is 12.8. The number of alkyl halides is 4. The van der Waals surface area contributed by atoms with Crippen LogP contribution in [0.3, 0.4) is 0 Å². The van der Waals surface area contributed by atoms with Gasteiger partial charge in [0.05, 0.1) is 18.8 Å². The summed E-state index contributed by atoms with van der Waals surface area (Å²) < 4.78 is 49.4. The molecule has 1 fully saturated rings. The molecule has 7 heteroatoms. The van der Waals surface area contributed by atoms with Crippen molar-refractivity contribution in [2.45, 2.75) is 38.2 Å². The van der Waals surface area contributed by atoms with Crippen molar-refractivity contribution in [1.82, 2.24) is 10.2 Å². The number of hydrogen-bond acceptors (Lipinski definition) is 2.